The van der Waals surface area contributed by atoms with Crippen LogP contribution in [-0.4, -0.2) is 39.3 Å². The summed E-state index contributed by atoms with van der Waals surface area (Å²) in [4.78, 5) is 24.1. The molecule has 0 radical (unpaired) electrons. The van der Waals surface area contributed by atoms with Gasteiger partial charge >= 0.3 is 5.97 Å². The molecule has 7 heteroatoms. The van der Waals surface area contributed by atoms with Gasteiger partial charge in [0.05, 0.1) is 20.8 Å². The second kappa shape index (κ2) is 9.31. The molecular weight excluding hydrogens is 338 g/mol. The van der Waals surface area contributed by atoms with Gasteiger partial charge in [-0.15, -0.1) is 0 Å². The van der Waals surface area contributed by atoms with Gasteiger partial charge in [0.25, 0.3) is 5.91 Å². The average molecular weight is 359 g/mol. The standard InChI is InChI=1S/C19H21NO6/c1-4-25-14-7-5-13(6-8-14)20-18(21)12-26-19(22)16-10-9-15(23-2)11-17(16)24-3/h5-11H,4,12H2,1-3H3,(H,20,21). The Hall–Kier alpha value is -3.22. The summed E-state index contributed by atoms with van der Waals surface area (Å²) in [6, 6.07) is 11.6. The second-order valence-corrected chi connectivity index (χ2v) is 5.15. The van der Waals surface area contributed by atoms with Crippen molar-refractivity contribution in [2.75, 3.05) is 32.8 Å². The highest BCUT2D eigenvalue weighted by Crippen LogP contribution is 2.25. The van der Waals surface area contributed by atoms with E-state index in [9.17, 15) is 9.59 Å². The molecule has 26 heavy (non-hydrogen) atoms. The molecule has 0 heterocycles. The molecule has 0 saturated carbocycles. The Balaban J connectivity index is 1.91. The summed E-state index contributed by atoms with van der Waals surface area (Å²) in [6.45, 7) is 2.04. The molecule has 0 atom stereocenters. The molecule has 0 aliphatic heterocycles. The molecule has 7 nitrogen and oxygen atoms in total. The van der Waals surface area contributed by atoms with Crippen LogP contribution in [0.3, 0.4) is 0 Å². The van der Waals surface area contributed by atoms with Crippen LogP contribution in [0.25, 0.3) is 0 Å². The number of hydrogen-bond donors (Lipinski definition) is 1. The SMILES string of the molecule is CCOc1ccc(NC(=O)COC(=O)c2ccc(OC)cc2OC)cc1. The number of benzene rings is 2. The zero-order chi connectivity index (χ0) is 18.9. The molecule has 0 aliphatic carbocycles. The fourth-order valence-electron chi connectivity index (χ4n) is 2.17. The van der Waals surface area contributed by atoms with Gasteiger partial charge in [0, 0.05) is 11.8 Å². The maximum atomic E-state index is 12.2. The molecule has 1 amide bonds. The van der Waals surface area contributed by atoms with Gasteiger partial charge in [-0.3, -0.25) is 4.79 Å². The highest BCUT2D eigenvalue weighted by atomic mass is 16.5. The largest absolute Gasteiger partial charge is 0.497 e. The Morgan fingerprint density at radius 1 is 0.962 bits per heavy atom. The summed E-state index contributed by atoms with van der Waals surface area (Å²) in [5.41, 5.74) is 0.790. The van der Waals surface area contributed by atoms with Gasteiger partial charge in [-0.25, -0.2) is 4.79 Å². The van der Waals surface area contributed by atoms with E-state index in [-0.39, 0.29) is 5.56 Å². The first kappa shape index (κ1) is 19.1. The van der Waals surface area contributed by atoms with Crippen LogP contribution in [0, 0.1) is 0 Å². The Bertz CT molecular complexity index is 757. The molecule has 0 fully saturated rings. The third-order valence-electron chi connectivity index (χ3n) is 3.41. The number of rotatable bonds is 8. The van der Waals surface area contributed by atoms with E-state index < -0.39 is 18.5 Å². The highest BCUT2D eigenvalue weighted by Gasteiger charge is 2.16. The highest BCUT2D eigenvalue weighted by molar-refractivity contribution is 5.96. The summed E-state index contributed by atoms with van der Waals surface area (Å²) in [5, 5.41) is 2.64. The third kappa shape index (κ3) is 5.14. The predicted molar refractivity (Wildman–Crippen MR) is 96.1 cm³/mol. The van der Waals surface area contributed by atoms with E-state index in [2.05, 4.69) is 5.32 Å². The van der Waals surface area contributed by atoms with Gasteiger partial charge in [0.15, 0.2) is 6.61 Å². The van der Waals surface area contributed by atoms with Crippen LogP contribution in [0.1, 0.15) is 17.3 Å². The lowest BCUT2D eigenvalue weighted by Crippen LogP contribution is -2.21. The van der Waals surface area contributed by atoms with E-state index in [0.29, 0.717) is 29.5 Å². The van der Waals surface area contributed by atoms with Gasteiger partial charge < -0.3 is 24.3 Å². The first-order valence-electron chi connectivity index (χ1n) is 7.99. The lowest BCUT2D eigenvalue weighted by Gasteiger charge is -2.11. The van der Waals surface area contributed by atoms with Crippen LogP contribution < -0.4 is 19.5 Å². The van der Waals surface area contributed by atoms with Gasteiger partial charge in [0.1, 0.15) is 22.8 Å². The van der Waals surface area contributed by atoms with Crippen LogP contribution >= 0.6 is 0 Å². The lowest BCUT2D eigenvalue weighted by atomic mass is 10.2. The monoisotopic (exact) mass is 359 g/mol. The molecule has 2 rings (SSSR count). The molecule has 2 aromatic carbocycles. The third-order valence-corrected chi connectivity index (χ3v) is 3.41. The minimum atomic E-state index is -0.661. The van der Waals surface area contributed by atoms with E-state index in [4.69, 9.17) is 18.9 Å². The van der Waals surface area contributed by atoms with Crippen LogP contribution in [0.5, 0.6) is 17.2 Å². The van der Waals surface area contributed by atoms with Crippen LogP contribution in [-0.2, 0) is 9.53 Å². The van der Waals surface area contributed by atoms with E-state index >= 15 is 0 Å². The number of amides is 1. The molecule has 138 valence electrons. The Morgan fingerprint density at radius 2 is 1.65 bits per heavy atom. The number of anilines is 1. The molecular formula is C19H21NO6. The maximum absolute atomic E-state index is 12.2. The van der Waals surface area contributed by atoms with Crippen LogP contribution in [0.4, 0.5) is 5.69 Å². The number of methoxy groups -OCH3 is 2. The molecule has 0 aromatic heterocycles. The summed E-state index contributed by atoms with van der Waals surface area (Å²) in [6.07, 6.45) is 0. The fourth-order valence-corrected chi connectivity index (χ4v) is 2.17. The van der Waals surface area contributed by atoms with Gasteiger partial charge in [0.2, 0.25) is 0 Å². The second-order valence-electron chi connectivity index (χ2n) is 5.15. The molecule has 0 spiro atoms. The number of carbonyl (C=O) groups excluding carboxylic acids is 2. The fraction of sp³-hybridized carbons (Fsp3) is 0.263. The van der Waals surface area contributed by atoms with Gasteiger partial charge in [-0.2, -0.15) is 0 Å². The van der Waals surface area contributed by atoms with Gasteiger partial charge in [-0.1, -0.05) is 0 Å². The van der Waals surface area contributed by atoms with Crippen molar-refractivity contribution in [2.24, 2.45) is 0 Å². The van der Waals surface area contributed by atoms with Crippen LogP contribution in [0.15, 0.2) is 42.5 Å². The first-order valence-corrected chi connectivity index (χ1v) is 7.99. The summed E-state index contributed by atoms with van der Waals surface area (Å²) >= 11 is 0. The molecule has 0 bridgehead atoms. The predicted octanol–water partition coefficient (Wildman–Crippen LogP) is 2.90. The maximum Gasteiger partial charge on any atom is 0.342 e. The molecule has 0 saturated heterocycles. The quantitative estimate of drug-likeness (QED) is 0.730. The normalized spacial score (nSPS) is 9.96. The van der Waals surface area contributed by atoms with Crippen molar-refractivity contribution in [3.8, 4) is 17.2 Å². The van der Waals surface area contributed by atoms with E-state index in [0.717, 1.165) is 0 Å². The molecule has 0 aliphatic rings. The Labute approximate surface area is 151 Å². The van der Waals surface area contributed by atoms with Crippen molar-refractivity contribution < 1.29 is 28.5 Å². The number of esters is 1. The Morgan fingerprint density at radius 3 is 2.27 bits per heavy atom. The zero-order valence-corrected chi connectivity index (χ0v) is 14.9. The summed E-state index contributed by atoms with van der Waals surface area (Å²) in [7, 11) is 2.95. The molecule has 2 aromatic rings. The number of carbonyl (C=O) groups is 2. The van der Waals surface area contributed by atoms with Crippen molar-refractivity contribution in [1.29, 1.82) is 0 Å². The molecule has 0 unspecified atom stereocenters. The summed E-state index contributed by atoms with van der Waals surface area (Å²) in [5.74, 6) is 0.456. The lowest BCUT2D eigenvalue weighted by molar-refractivity contribution is -0.119. The number of ether oxygens (including phenoxy) is 4. The van der Waals surface area contributed by atoms with E-state index in [1.54, 1.807) is 36.4 Å². The Kier molecular flexibility index (Phi) is 6.84. The van der Waals surface area contributed by atoms with Gasteiger partial charge in [-0.05, 0) is 43.3 Å². The van der Waals surface area contributed by atoms with E-state index in [1.807, 2.05) is 6.92 Å². The van der Waals surface area contributed by atoms with E-state index in [1.165, 1.54) is 20.3 Å². The van der Waals surface area contributed by atoms with Crippen molar-refractivity contribution in [2.45, 2.75) is 6.92 Å². The topological polar surface area (TPSA) is 83.1 Å². The minimum Gasteiger partial charge on any atom is -0.497 e. The summed E-state index contributed by atoms with van der Waals surface area (Å²) < 4.78 is 20.6. The smallest absolute Gasteiger partial charge is 0.342 e. The first-order chi connectivity index (χ1) is 12.6. The van der Waals surface area contributed by atoms with Crippen molar-refractivity contribution in [3.05, 3.63) is 48.0 Å². The average Bonchev–Trinajstić information content (AvgIpc) is 2.67. The number of hydrogen-bond acceptors (Lipinski definition) is 6. The number of nitrogens with one attached hydrogen (secondary N) is 1. The van der Waals surface area contributed by atoms with Crippen molar-refractivity contribution >= 4 is 17.6 Å². The minimum absolute atomic E-state index is 0.210. The zero-order valence-electron chi connectivity index (χ0n) is 14.9. The molecule has 1 N–H and O–H groups in total. The van der Waals surface area contributed by atoms with Crippen molar-refractivity contribution in [3.63, 3.8) is 0 Å². The van der Waals surface area contributed by atoms with Crippen LogP contribution in [0.2, 0.25) is 0 Å². The van der Waals surface area contributed by atoms with Crippen molar-refractivity contribution in [1.82, 2.24) is 0 Å².